The van der Waals surface area contributed by atoms with Crippen molar-refractivity contribution in [2.75, 3.05) is 5.32 Å². The molecule has 2 rings (SSSR count). The molecule has 4 nitrogen and oxygen atoms in total. The van der Waals surface area contributed by atoms with E-state index < -0.39 is 9.70 Å². The van der Waals surface area contributed by atoms with Crippen molar-refractivity contribution in [2.45, 2.75) is 10.2 Å². The Balaban J connectivity index is 2.02. The van der Waals surface area contributed by atoms with E-state index in [1.165, 1.54) is 11.3 Å². The van der Waals surface area contributed by atoms with Gasteiger partial charge in [-0.2, -0.15) is 0 Å². The predicted octanol–water partition coefficient (Wildman–Crippen LogP) is 3.44. The molecule has 0 saturated carbocycles. The van der Waals surface area contributed by atoms with Gasteiger partial charge in [0.05, 0.1) is 0 Å². The van der Waals surface area contributed by atoms with Gasteiger partial charge in [0.25, 0.3) is 9.70 Å². The van der Waals surface area contributed by atoms with Gasteiger partial charge in [-0.25, -0.2) is 0 Å². The van der Waals surface area contributed by atoms with Gasteiger partial charge in [-0.05, 0) is 5.56 Å². The first-order chi connectivity index (χ1) is 8.95. The molecule has 0 aliphatic carbocycles. The SMILES string of the molecule is O=C(Nc1nnc(Cc2ccccc2)s1)C(Cl)(Cl)Cl. The number of carbonyl (C=O) groups excluding carboxylic acids is 1. The van der Waals surface area contributed by atoms with Crippen molar-refractivity contribution in [2.24, 2.45) is 0 Å². The van der Waals surface area contributed by atoms with Crippen molar-refractivity contribution < 1.29 is 4.79 Å². The maximum atomic E-state index is 11.4. The molecular weight excluding hydrogens is 329 g/mol. The lowest BCUT2D eigenvalue weighted by Crippen LogP contribution is -2.26. The van der Waals surface area contributed by atoms with Crippen molar-refractivity contribution in [3.05, 3.63) is 40.9 Å². The molecule has 19 heavy (non-hydrogen) atoms. The lowest BCUT2D eigenvalue weighted by Gasteiger charge is -2.08. The molecule has 2 aromatic rings. The molecule has 0 saturated heterocycles. The number of nitrogens with zero attached hydrogens (tertiary/aromatic N) is 2. The number of rotatable bonds is 3. The number of alkyl halides is 3. The van der Waals surface area contributed by atoms with Gasteiger partial charge in [0, 0.05) is 6.42 Å². The maximum Gasteiger partial charge on any atom is 0.278 e. The molecule has 0 spiro atoms. The van der Waals surface area contributed by atoms with Gasteiger partial charge in [-0.15, -0.1) is 10.2 Å². The molecule has 1 amide bonds. The van der Waals surface area contributed by atoms with Gasteiger partial charge in [0.15, 0.2) is 0 Å². The van der Waals surface area contributed by atoms with Crippen LogP contribution in [0.3, 0.4) is 0 Å². The van der Waals surface area contributed by atoms with Gasteiger partial charge in [0.1, 0.15) is 5.01 Å². The number of carbonyl (C=O) groups is 1. The van der Waals surface area contributed by atoms with E-state index in [0.29, 0.717) is 11.6 Å². The fourth-order valence-corrected chi connectivity index (χ4v) is 2.22. The van der Waals surface area contributed by atoms with Crippen LogP contribution in [0.4, 0.5) is 5.13 Å². The van der Waals surface area contributed by atoms with E-state index in [1.807, 2.05) is 30.3 Å². The number of aromatic nitrogens is 2. The zero-order valence-electron chi connectivity index (χ0n) is 9.44. The van der Waals surface area contributed by atoms with E-state index in [9.17, 15) is 4.79 Å². The van der Waals surface area contributed by atoms with Crippen molar-refractivity contribution in [3.63, 3.8) is 0 Å². The van der Waals surface area contributed by atoms with Crippen molar-refractivity contribution in [3.8, 4) is 0 Å². The van der Waals surface area contributed by atoms with Crippen LogP contribution >= 0.6 is 46.1 Å². The van der Waals surface area contributed by atoms with Crippen LogP contribution in [0.5, 0.6) is 0 Å². The zero-order chi connectivity index (χ0) is 13.9. The molecule has 8 heteroatoms. The average molecular weight is 337 g/mol. The second-order valence-electron chi connectivity index (χ2n) is 3.62. The monoisotopic (exact) mass is 335 g/mol. The first kappa shape index (κ1) is 14.5. The Bertz CT molecular complexity index is 568. The van der Waals surface area contributed by atoms with E-state index in [0.717, 1.165) is 10.6 Å². The number of amides is 1. The molecule has 0 aliphatic rings. The van der Waals surface area contributed by atoms with Crippen LogP contribution in [0.25, 0.3) is 0 Å². The standard InChI is InChI=1S/C11H8Cl3N3OS/c12-11(13,14)9(18)15-10-17-16-8(19-10)6-7-4-2-1-3-5-7/h1-5H,6H2,(H,15,17,18). The molecular formula is C11H8Cl3N3OS. The smallest absolute Gasteiger partial charge is 0.278 e. The summed E-state index contributed by atoms with van der Waals surface area (Å²) in [6, 6.07) is 9.81. The van der Waals surface area contributed by atoms with Crippen molar-refractivity contribution in [1.82, 2.24) is 10.2 Å². The highest BCUT2D eigenvalue weighted by atomic mass is 35.6. The predicted molar refractivity (Wildman–Crippen MR) is 78.1 cm³/mol. The lowest BCUT2D eigenvalue weighted by molar-refractivity contribution is -0.115. The van der Waals surface area contributed by atoms with E-state index in [2.05, 4.69) is 15.5 Å². The fraction of sp³-hybridized carbons (Fsp3) is 0.182. The average Bonchev–Trinajstić information content (AvgIpc) is 2.76. The molecule has 0 fully saturated rings. The molecule has 1 aromatic heterocycles. The van der Waals surface area contributed by atoms with Crippen LogP contribution in [0.2, 0.25) is 0 Å². The Morgan fingerprint density at radius 1 is 1.21 bits per heavy atom. The summed E-state index contributed by atoms with van der Waals surface area (Å²) in [4.78, 5) is 11.4. The summed E-state index contributed by atoms with van der Waals surface area (Å²) < 4.78 is -2.01. The van der Waals surface area contributed by atoms with E-state index in [4.69, 9.17) is 34.8 Å². The zero-order valence-corrected chi connectivity index (χ0v) is 12.5. The summed E-state index contributed by atoms with van der Waals surface area (Å²) in [5.41, 5.74) is 1.11. The minimum absolute atomic E-state index is 0.308. The Morgan fingerprint density at radius 2 is 1.89 bits per heavy atom. The van der Waals surface area contributed by atoms with Crippen molar-refractivity contribution >= 4 is 57.2 Å². The van der Waals surface area contributed by atoms with Gasteiger partial charge >= 0.3 is 0 Å². The van der Waals surface area contributed by atoms with Crippen molar-refractivity contribution in [1.29, 1.82) is 0 Å². The highest BCUT2D eigenvalue weighted by Crippen LogP contribution is 2.28. The lowest BCUT2D eigenvalue weighted by atomic mass is 10.2. The second kappa shape index (κ2) is 6.05. The summed E-state index contributed by atoms with van der Waals surface area (Å²) >= 11 is 17.6. The van der Waals surface area contributed by atoms with Crippen LogP contribution in [-0.2, 0) is 11.2 Å². The summed E-state index contributed by atoms with van der Waals surface area (Å²) in [5, 5.41) is 11.3. The van der Waals surface area contributed by atoms with Gasteiger partial charge in [0.2, 0.25) is 5.13 Å². The highest BCUT2D eigenvalue weighted by molar-refractivity contribution is 7.15. The van der Waals surface area contributed by atoms with Gasteiger partial charge < -0.3 is 0 Å². The van der Waals surface area contributed by atoms with Crippen LogP contribution in [0.15, 0.2) is 30.3 Å². The number of benzene rings is 1. The minimum atomic E-state index is -2.01. The number of halogens is 3. The second-order valence-corrected chi connectivity index (χ2v) is 6.96. The highest BCUT2D eigenvalue weighted by Gasteiger charge is 2.31. The minimum Gasteiger partial charge on any atom is -0.297 e. The summed E-state index contributed by atoms with van der Waals surface area (Å²) in [6.45, 7) is 0. The Kier molecular flexibility index (Phi) is 4.62. The van der Waals surface area contributed by atoms with Gasteiger partial charge in [-0.3, -0.25) is 10.1 Å². The summed E-state index contributed by atoms with van der Waals surface area (Å²) in [5.74, 6) is -0.750. The Labute approximate surface area is 128 Å². The largest absolute Gasteiger partial charge is 0.297 e. The molecule has 0 atom stereocenters. The molecule has 0 radical (unpaired) electrons. The number of nitrogens with one attached hydrogen (secondary N) is 1. The maximum absolute atomic E-state index is 11.4. The first-order valence-electron chi connectivity index (χ1n) is 5.19. The fourth-order valence-electron chi connectivity index (χ4n) is 1.31. The van der Waals surface area contributed by atoms with Gasteiger partial charge in [-0.1, -0.05) is 76.5 Å². The number of hydrogen-bond acceptors (Lipinski definition) is 4. The third kappa shape index (κ3) is 4.31. The Morgan fingerprint density at radius 3 is 2.53 bits per heavy atom. The summed E-state index contributed by atoms with van der Waals surface area (Å²) in [6.07, 6.45) is 0.641. The third-order valence-corrected chi connectivity index (χ3v) is 3.50. The van der Waals surface area contributed by atoms with E-state index in [1.54, 1.807) is 0 Å². The quantitative estimate of drug-likeness (QED) is 0.874. The normalized spacial score (nSPS) is 11.3. The van der Waals surface area contributed by atoms with Crippen LogP contribution in [0.1, 0.15) is 10.6 Å². The third-order valence-electron chi connectivity index (χ3n) is 2.14. The van der Waals surface area contributed by atoms with E-state index in [-0.39, 0.29) is 0 Å². The molecule has 0 unspecified atom stereocenters. The van der Waals surface area contributed by atoms with Crippen LogP contribution in [-0.4, -0.2) is 19.9 Å². The van der Waals surface area contributed by atoms with E-state index >= 15 is 0 Å². The van der Waals surface area contributed by atoms with Crippen LogP contribution in [0, 0.1) is 0 Å². The molecule has 100 valence electrons. The summed E-state index contributed by atoms with van der Waals surface area (Å²) in [7, 11) is 0. The molecule has 0 bridgehead atoms. The number of anilines is 1. The van der Waals surface area contributed by atoms with Crippen LogP contribution < -0.4 is 5.32 Å². The molecule has 1 heterocycles. The molecule has 1 aromatic carbocycles. The first-order valence-corrected chi connectivity index (χ1v) is 7.14. The Hall–Kier alpha value is -0.880. The molecule has 1 N–H and O–H groups in total. The molecule has 0 aliphatic heterocycles. The topological polar surface area (TPSA) is 54.9 Å². The number of hydrogen-bond donors (Lipinski definition) is 1.